The molecular formula is C61H107NO5. The number of rotatable bonds is 50. The molecule has 0 heterocycles. The van der Waals surface area contributed by atoms with Crippen LogP contribution in [0, 0.1) is 0 Å². The molecule has 0 aromatic heterocycles. The molecule has 0 rings (SSSR count). The smallest absolute Gasteiger partial charge is 0.306 e. The predicted molar refractivity (Wildman–Crippen MR) is 291 cm³/mol. The maximum Gasteiger partial charge on any atom is 0.306 e. The van der Waals surface area contributed by atoms with Gasteiger partial charge >= 0.3 is 5.97 Å². The van der Waals surface area contributed by atoms with Gasteiger partial charge in [0.2, 0.25) is 5.91 Å². The maximum atomic E-state index is 13.3. The lowest BCUT2D eigenvalue weighted by Crippen LogP contribution is -2.46. The summed E-state index contributed by atoms with van der Waals surface area (Å²) >= 11 is 0. The van der Waals surface area contributed by atoms with Crippen molar-refractivity contribution in [1.82, 2.24) is 5.32 Å². The van der Waals surface area contributed by atoms with Gasteiger partial charge in [-0.05, 0) is 89.9 Å². The third-order valence-electron chi connectivity index (χ3n) is 12.5. The van der Waals surface area contributed by atoms with Crippen molar-refractivity contribution in [2.45, 2.75) is 283 Å². The Kier molecular flexibility index (Phi) is 51.6. The van der Waals surface area contributed by atoms with Gasteiger partial charge in [0.15, 0.2) is 0 Å². The van der Waals surface area contributed by atoms with Gasteiger partial charge in [0.1, 0.15) is 6.10 Å². The summed E-state index contributed by atoms with van der Waals surface area (Å²) in [5, 5.41) is 23.9. The summed E-state index contributed by atoms with van der Waals surface area (Å²) in [5.41, 5.74) is 0. The van der Waals surface area contributed by atoms with E-state index in [1.54, 1.807) is 0 Å². The molecule has 0 saturated heterocycles. The van der Waals surface area contributed by atoms with Gasteiger partial charge < -0.3 is 20.3 Å². The van der Waals surface area contributed by atoms with Crippen molar-refractivity contribution in [3.8, 4) is 0 Å². The number of carbonyl (C=O) groups excluding carboxylic acids is 2. The number of aliphatic hydroxyl groups is 2. The average molecular weight is 935 g/mol. The quantitative estimate of drug-likeness (QED) is 0.0244. The zero-order valence-electron chi connectivity index (χ0n) is 44.0. The zero-order valence-corrected chi connectivity index (χ0v) is 44.0. The lowest BCUT2D eigenvalue weighted by Gasteiger charge is -2.24. The van der Waals surface area contributed by atoms with Crippen LogP contribution in [-0.2, 0) is 14.3 Å². The Morgan fingerprint density at radius 1 is 0.448 bits per heavy atom. The van der Waals surface area contributed by atoms with E-state index in [4.69, 9.17) is 4.74 Å². The molecule has 6 heteroatoms. The first-order valence-corrected chi connectivity index (χ1v) is 28.4. The monoisotopic (exact) mass is 934 g/mol. The molecule has 67 heavy (non-hydrogen) atoms. The number of unbranched alkanes of at least 4 members (excludes halogenated alkanes) is 27. The minimum Gasteiger partial charge on any atom is -0.462 e. The Hall–Kier alpha value is -2.96. The minimum absolute atomic E-state index is 0.0390. The van der Waals surface area contributed by atoms with Crippen LogP contribution in [0.1, 0.15) is 265 Å². The van der Waals surface area contributed by atoms with E-state index in [0.29, 0.717) is 19.3 Å². The third-order valence-corrected chi connectivity index (χ3v) is 12.5. The van der Waals surface area contributed by atoms with E-state index in [1.807, 2.05) is 6.08 Å². The Labute approximate surface area is 414 Å². The highest BCUT2D eigenvalue weighted by Crippen LogP contribution is 2.17. The third kappa shape index (κ3) is 49.3. The van der Waals surface area contributed by atoms with Gasteiger partial charge in [0.05, 0.1) is 25.2 Å². The summed E-state index contributed by atoms with van der Waals surface area (Å²) in [5.74, 6) is -0.538. The SMILES string of the molecule is CCCCC/C=C\C/C=C\C/C=C\CCCCCCC(=O)OC(CCCCC/C=C/C=C/C=C/C=C/CCCCC)CC(=O)NC(CO)C(O)CCCCCCCCCCCCCCCCC. The molecule has 0 aliphatic heterocycles. The Bertz CT molecular complexity index is 1280. The van der Waals surface area contributed by atoms with Crippen LogP contribution in [0.5, 0.6) is 0 Å². The summed E-state index contributed by atoms with van der Waals surface area (Å²) in [4.78, 5) is 26.3. The highest BCUT2D eigenvalue weighted by Gasteiger charge is 2.24. The van der Waals surface area contributed by atoms with Crippen molar-refractivity contribution in [2.75, 3.05) is 6.61 Å². The summed E-state index contributed by atoms with van der Waals surface area (Å²) in [6.07, 6.45) is 70.6. The Morgan fingerprint density at radius 3 is 1.33 bits per heavy atom. The molecule has 0 saturated carbocycles. The number of hydrogen-bond acceptors (Lipinski definition) is 5. The van der Waals surface area contributed by atoms with E-state index in [1.165, 1.54) is 122 Å². The van der Waals surface area contributed by atoms with Crippen LogP contribution in [0.15, 0.2) is 85.1 Å². The van der Waals surface area contributed by atoms with Gasteiger partial charge in [-0.2, -0.15) is 0 Å². The lowest BCUT2D eigenvalue weighted by molar-refractivity contribution is -0.151. The van der Waals surface area contributed by atoms with Crippen molar-refractivity contribution >= 4 is 11.9 Å². The maximum absolute atomic E-state index is 13.3. The fourth-order valence-electron chi connectivity index (χ4n) is 8.21. The first-order chi connectivity index (χ1) is 33.0. The summed E-state index contributed by atoms with van der Waals surface area (Å²) in [7, 11) is 0. The van der Waals surface area contributed by atoms with E-state index >= 15 is 0 Å². The van der Waals surface area contributed by atoms with Crippen molar-refractivity contribution in [3.05, 3.63) is 85.1 Å². The molecule has 6 nitrogen and oxygen atoms in total. The van der Waals surface area contributed by atoms with Gasteiger partial charge in [-0.1, -0.05) is 247 Å². The van der Waals surface area contributed by atoms with Gasteiger partial charge in [-0.3, -0.25) is 9.59 Å². The second kappa shape index (κ2) is 54.0. The minimum atomic E-state index is -0.808. The number of amides is 1. The summed E-state index contributed by atoms with van der Waals surface area (Å²) < 4.78 is 5.93. The first-order valence-electron chi connectivity index (χ1n) is 28.4. The fraction of sp³-hybridized carbons (Fsp3) is 0.738. The molecule has 386 valence electrons. The summed E-state index contributed by atoms with van der Waals surface area (Å²) in [6.45, 7) is 6.41. The number of esters is 1. The average Bonchev–Trinajstić information content (AvgIpc) is 3.32. The molecule has 0 aliphatic carbocycles. The molecule has 0 bridgehead atoms. The van der Waals surface area contributed by atoms with Crippen LogP contribution in [0.4, 0.5) is 0 Å². The van der Waals surface area contributed by atoms with Crippen molar-refractivity contribution < 1.29 is 24.5 Å². The van der Waals surface area contributed by atoms with E-state index in [9.17, 15) is 19.8 Å². The first kappa shape index (κ1) is 64.0. The highest BCUT2D eigenvalue weighted by molar-refractivity contribution is 5.77. The van der Waals surface area contributed by atoms with E-state index in [-0.39, 0.29) is 24.9 Å². The Morgan fingerprint density at radius 2 is 0.821 bits per heavy atom. The standard InChI is InChI=1S/C61H107NO5/c1-4-7-10-13-16-19-22-25-28-30-33-36-39-42-45-48-51-54-61(66)67-57(52-49-46-43-40-37-34-32-29-26-23-20-17-14-11-8-5-2)55-60(65)62-58(56-63)59(64)53-50-47-44-41-38-35-31-27-24-21-18-15-12-9-6-3/h16-17,19-20,23,25-26,28-29,32-34,36-37,57-59,63-64H,4-15,18,21-22,24,27,30-31,35,38-56H2,1-3H3,(H,62,65)/b19-16-,20-17+,26-23+,28-25-,32-29+,36-33-,37-34+. The number of nitrogens with one attached hydrogen (secondary N) is 1. The van der Waals surface area contributed by atoms with E-state index in [0.717, 1.165) is 96.3 Å². The van der Waals surface area contributed by atoms with Gasteiger partial charge in [0, 0.05) is 6.42 Å². The van der Waals surface area contributed by atoms with E-state index in [2.05, 4.69) is 105 Å². The second-order valence-electron chi connectivity index (χ2n) is 19.1. The number of allylic oxidation sites excluding steroid dienone is 14. The predicted octanol–water partition coefficient (Wildman–Crippen LogP) is 17.5. The van der Waals surface area contributed by atoms with Crippen LogP contribution in [-0.4, -0.2) is 46.9 Å². The normalized spacial score (nSPS) is 13.8. The molecule has 0 aliphatic rings. The van der Waals surface area contributed by atoms with Crippen molar-refractivity contribution in [3.63, 3.8) is 0 Å². The zero-order chi connectivity index (χ0) is 48.8. The number of hydrogen-bond donors (Lipinski definition) is 3. The molecular weight excluding hydrogens is 827 g/mol. The molecule has 0 aromatic rings. The topological polar surface area (TPSA) is 95.9 Å². The highest BCUT2D eigenvalue weighted by atomic mass is 16.5. The Balaban J connectivity index is 4.70. The largest absolute Gasteiger partial charge is 0.462 e. The molecule has 0 spiro atoms. The van der Waals surface area contributed by atoms with Gasteiger partial charge in [0.25, 0.3) is 0 Å². The molecule has 0 fully saturated rings. The van der Waals surface area contributed by atoms with Gasteiger partial charge in [-0.25, -0.2) is 0 Å². The molecule has 3 unspecified atom stereocenters. The molecule has 1 amide bonds. The molecule has 3 atom stereocenters. The number of carbonyl (C=O) groups is 2. The van der Waals surface area contributed by atoms with Gasteiger partial charge in [-0.15, -0.1) is 0 Å². The van der Waals surface area contributed by atoms with Crippen LogP contribution >= 0.6 is 0 Å². The number of ether oxygens (including phenoxy) is 1. The van der Waals surface area contributed by atoms with Crippen LogP contribution in [0.25, 0.3) is 0 Å². The van der Waals surface area contributed by atoms with Crippen LogP contribution < -0.4 is 5.32 Å². The van der Waals surface area contributed by atoms with Crippen molar-refractivity contribution in [1.29, 1.82) is 0 Å². The van der Waals surface area contributed by atoms with Crippen molar-refractivity contribution in [2.24, 2.45) is 0 Å². The molecule has 0 aromatic carbocycles. The van der Waals surface area contributed by atoms with Crippen LogP contribution in [0.3, 0.4) is 0 Å². The second-order valence-corrected chi connectivity index (χ2v) is 19.1. The fourth-order valence-corrected chi connectivity index (χ4v) is 8.21. The summed E-state index contributed by atoms with van der Waals surface area (Å²) in [6, 6.07) is -0.725. The van der Waals surface area contributed by atoms with E-state index < -0.39 is 18.2 Å². The molecule has 3 N–H and O–H groups in total. The van der Waals surface area contributed by atoms with Crippen LogP contribution in [0.2, 0.25) is 0 Å². The lowest BCUT2D eigenvalue weighted by atomic mass is 10.0. The number of aliphatic hydroxyl groups excluding tert-OH is 2. The molecule has 0 radical (unpaired) electrons.